The number of imidazole rings is 1. The van der Waals surface area contributed by atoms with Crippen LogP contribution in [0.15, 0.2) is 65.4 Å². The molecule has 0 aliphatic rings. The van der Waals surface area contributed by atoms with E-state index >= 15 is 0 Å². The monoisotopic (exact) mass is 444 g/mol. The summed E-state index contributed by atoms with van der Waals surface area (Å²) in [5.41, 5.74) is 5.07. The molecule has 0 unspecified atom stereocenters. The second kappa shape index (κ2) is 8.02. The standard InChI is InChI=1S/C25H18F2N4O2/c1-16-8-10-21-22(14-17-5-3-6-19(13-17)32-25(2,26)27)30-33-24(21)20(16)11-9-18-15-28-23-7-4-12-29-31(18)23/h3-8,10,12-13,15H,14H2,1-2H3. The van der Waals surface area contributed by atoms with E-state index < -0.39 is 6.11 Å². The number of aryl methyl sites for hydroxylation is 1. The second-order valence-electron chi connectivity index (χ2n) is 7.68. The molecule has 0 radical (unpaired) electrons. The van der Waals surface area contributed by atoms with Crippen LogP contribution < -0.4 is 4.74 Å². The van der Waals surface area contributed by atoms with Crippen LogP contribution >= 0.6 is 0 Å². The van der Waals surface area contributed by atoms with Crippen LogP contribution in [-0.2, 0) is 6.42 Å². The number of nitrogens with zero attached hydrogens (tertiary/aromatic N) is 4. The van der Waals surface area contributed by atoms with Gasteiger partial charge in [-0.1, -0.05) is 29.3 Å². The third-order valence-corrected chi connectivity index (χ3v) is 5.08. The first kappa shape index (κ1) is 20.6. The van der Waals surface area contributed by atoms with Crippen molar-refractivity contribution in [1.29, 1.82) is 0 Å². The lowest BCUT2D eigenvalue weighted by Gasteiger charge is -2.13. The van der Waals surface area contributed by atoms with Gasteiger partial charge in [0.25, 0.3) is 0 Å². The Balaban J connectivity index is 1.49. The fourth-order valence-corrected chi connectivity index (χ4v) is 3.60. The van der Waals surface area contributed by atoms with Crippen LogP contribution in [0.3, 0.4) is 0 Å². The Bertz CT molecular complexity index is 1540. The molecule has 5 aromatic rings. The SMILES string of the molecule is Cc1ccc2c(Cc3cccc(OC(C)(F)F)c3)noc2c1C#Cc1cnc2cccnn12. The van der Waals surface area contributed by atoms with Crippen LogP contribution in [0.2, 0.25) is 0 Å². The average Bonchev–Trinajstić information content (AvgIpc) is 3.36. The summed E-state index contributed by atoms with van der Waals surface area (Å²) in [6.07, 6.45) is 0.495. The Hall–Kier alpha value is -4.25. The molecule has 0 bridgehead atoms. The van der Waals surface area contributed by atoms with E-state index in [-0.39, 0.29) is 5.75 Å². The van der Waals surface area contributed by atoms with Crippen molar-refractivity contribution in [2.24, 2.45) is 0 Å². The van der Waals surface area contributed by atoms with Crippen LogP contribution in [0, 0.1) is 18.8 Å². The normalized spacial score (nSPS) is 11.5. The fraction of sp³-hybridized carbons (Fsp3) is 0.160. The van der Waals surface area contributed by atoms with Gasteiger partial charge < -0.3 is 9.26 Å². The molecule has 0 fully saturated rings. The first-order valence-electron chi connectivity index (χ1n) is 10.2. The van der Waals surface area contributed by atoms with Crippen molar-refractivity contribution in [3.63, 3.8) is 0 Å². The first-order valence-corrected chi connectivity index (χ1v) is 10.2. The highest BCUT2D eigenvalue weighted by atomic mass is 19.3. The molecule has 0 N–H and O–H groups in total. The Morgan fingerprint density at radius 1 is 1.12 bits per heavy atom. The summed E-state index contributed by atoms with van der Waals surface area (Å²) in [6, 6.07) is 14.1. The van der Waals surface area contributed by atoms with E-state index in [9.17, 15) is 8.78 Å². The van der Waals surface area contributed by atoms with Crippen LogP contribution in [0.25, 0.3) is 16.6 Å². The molecule has 164 valence electrons. The summed E-state index contributed by atoms with van der Waals surface area (Å²) in [4.78, 5) is 4.30. The zero-order valence-corrected chi connectivity index (χ0v) is 17.8. The first-order chi connectivity index (χ1) is 15.9. The maximum atomic E-state index is 13.2. The Labute approximate surface area is 187 Å². The minimum Gasteiger partial charge on any atom is -0.433 e. The number of fused-ring (bicyclic) bond motifs is 2. The third kappa shape index (κ3) is 4.26. The van der Waals surface area contributed by atoms with Gasteiger partial charge in [-0.05, 0) is 54.3 Å². The van der Waals surface area contributed by atoms with Gasteiger partial charge in [-0.2, -0.15) is 13.9 Å². The third-order valence-electron chi connectivity index (χ3n) is 5.08. The molecular formula is C25H18F2N4O2. The number of ether oxygens (including phenoxy) is 1. The van der Waals surface area contributed by atoms with Crippen LogP contribution in [0.4, 0.5) is 8.78 Å². The number of aromatic nitrogens is 4. The number of alkyl halides is 2. The van der Waals surface area contributed by atoms with Crippen molar-refractivity contribution in [3.8, 4) is 17.6 Å². The molecule has 5 rings (SSSR count). The van der Waals surface area contributed by atoms with Crippen molar-refractivity contribution in [2.45, 2.75) is 26.4 Å². The molecule has 0 spiro atoms. The topological polar surface area (TPSA) is 65.5 Å². The minimum atomic E-state index is -3.25. The van der Waals surface area contributed by atoms with Crippen molar-refractivity contribution in [1.82, 2.24) is 19.8 Å². The summed E-state index contributed by atoms with van der Waals surface area (Å²) in [6.45, 7) is 2.66. The molecule has 0 aliphatic heterocycles. The maximum Gasteiger partial charge on any atom is 0.394 e. The van der Waals surface area contributed by atoms with E-state index in [1.807, 2.05) is 37.3 Å². The van der Waals surface area contributed by atoms with Crippen LogP contribution in [0.1, 0.15) is 35.0 Å². The van der Waals surface area contributed by atoms with E-state index in [1.165, 1.54) is 6.07 Å². The molecular weight excluding hydrogens is 426 g/mol. The fourth-order valence-electron chi connectivity index (χ4n) is 3.60. The van der Waals surface area contributed by atoms with E-state index in [0.29, 0.717) is 36.0 Å². The zero-order chi connectivity index (χ0) is 23.0. The van der Waals surface area contributed by atoms with E-state index in [0.717, 1.165) is 22.1 Å². The van der Waals surface area contributed by atoms with E-state index in [4.69, 9.17) is 4.52 Å². The molecule has 6 nitrogen and oxygen atoms in total. The van der Waals surface area contributed by atoms with E-state index in [1.54, 1.807) is 29.0 Å². The average molecular weight is 444 g/mol. The molecule has 0 saturated carbocycles. The van der Waals surface area contributed by atoms with Gasteiger partial charge in [-0.3, -0.25) is 0 Å². The minimum absolute atomic E-state index is 0.0943. The number of halogens is 2. The van der Waals surface area contributed by atoms with Crippen molar-refractivity contribution >= 4 is 16.6 Å². The van der Waals surface area contributed by atoms with Gasteiger partial charge in [0.2, 0.25) is 0 Å². The summed E-state index contributed by atoms with van der Waals surface area (Å²) in [5, 5.41) is 9.32. The van der Waals surface area contributed by atoms with Crippen molar-refractivity contribution in [2.75, 3.05) is 0 Å². The van der Waals surface area contributed by atoms with Crippen molar-refractivity contribution in [3.05, 3.63) is 89.0 Å². The van der Waals surface area contributed by atoms with Gasteiger partial charge >= 0.3 is 6.11 Å². The quantitative estimate of drug-likeness (QED) is 0.358. The molecule has 3 heterocycles. The molecule has 2 aromatic carbocycles. The highest BCUT2D eigenvalue weighted by molar-refractivity contribution is 5.86. The highest BCUT2D eigenvalue weighted by Gasteiger charge is 2.23. The molecule has 0 aliphatic carbocycles. The lowest BCUT2D eigenvalue weighted by molar-refractivity contribution is -0.158. The summed E-state index contributed by atoms with van der Waals surface area (Å²) in [7, 11) is 0. The molecule has 8 heteroatoms. The summed E-state index contributed by atoms with van der Waals surface area (Å²) < 4.78 is 38.4. The van der Waals surface area contributed by atoms with E-state index in [2.05, 4.69) is 31.8 Å². The highest BCUT2D eigenvalue weighted by Crippen LogP contribution is 2.28. The maximum absolute atomic E-state index is 13.2. The number of hydrogen-bond acceptors (Lipinski definition) is 5. The molecule has 0 atom stereocenters. The number of benzene rings is 2. The van der Waals surface area contributed by atoms with Crippen LogP contribution in [0.5, 0.6) is 5.75 Å². The Kier molecular flexibility index (Phi) is 5.02. The van der Waals surface area contributed by atoms with Gasteiger partial charge in [-0.25, -0.2) is 9.50 Å². The zero-order valence-electron chi connectivity index (χ0n) is 17.8. The van der Waals surface area contributed by atoms with Gasteiger partial charge in [0.1, 0.15) is 11.4 Å². The van der Waals surface area contributed by atoms with Crippen LogP contribution in [-0.4, -0.2) is 25.9 Å². The molecule has 0 saturated heterocycles. The number of hydrogen-bond donors (Lipinski definition) is 0. The van der Waals surface area contributed by atoms with Crippen molar-refractivity contribution < 1.29 is 18.0 Å². The molecule has 0 amide bonds. The predicted octanol–water partition coefficient (Wildman–Crippen LogP) is 5.16. The second-order valence-corrected chi connectivity index (χ2v) is 7.68. The Morgan fingerprint density at radius 2 is 2.00 bits per heavy atom. The lowest BCUT2D eigenvalue weighted by Crippen LogP contribution is -2.19. The Morgan fingerprint density at radius 3 is 2.85 bits per heavy atom. The van der Waals surface area contributed by atoms with Gasteiger partial charge in [0, 0.05) is 24.9 Å². The lowest BCUT2D eigenvalue weighted by atomic mass is 10.0. The summed E-state index contributed by atoms with van der Waals surface area (Å²) >= 11 is 0. The predicted molar refractivity (Wildman–Crippen MR) is 118 cm³/mol. The molecule has 3 aromatic heterocycles. The number of rotatable bonds is 4. The molecule has 33 heavy (non-hydrogen) atoms. The van der Waals surface area contributed by atoms with Gasteiger partial charge in [0.05, 0.1) is 17.5 Å². The van der Waals surface area contributed by atoms with Gasteiger partial charge in [-0.15, -0.1) is 0 Å². The summed E-state index contributed by atoms with van der Waals surface area (Å²) in [5.74, 6) is 6.39. The largest absolute Gasteiger partial charge is 0.433 e. The smallest absolute Gasteiger partial charge is 0.394 e. The van der Waals surface area contributed by atoms with Gasteiger partial charge in [0.15, 0.2) is 11.2 Å².